The van der Waals surface area contributed by atoms with Crippen LogP contribution in [0.15, 0.2) is 152 Å². The molecule has 0 saturated carbocycles. The molecule has 336 valence electrons. The van der Waals surface area contributed by atoms with Gasteiger partial charge in [0.1, 0.15) is 0 Å². The van der Waals surface area contributed by atoms with Gasteiger partial charge in [0.2, 0.25) is 0 Å². The highest BCUT2D eigenvalue weighted by Crippen LogP contribution is 2.60. The highest BCUT2D eigenvalue weighted by Gasteiger charge is 2.52. The van der Waals surface area contributed by atoms with E-state index in [0.717, 1.165) is 12.8 Å². The van der Waals surface area contributed by atoms with Gasteiger partial charge in [-0.1, -0.05) is 172 Å². The van der Waals surface area contributed by atoms with Gasteiger partial charge in [-0.3, -0.25) is 0 Å². The molecule has 8 aromatic carbocycles. The summed E-state index contributed by atoms with van der Waals surface area (Å²) in [6.45, 7) is 24.8. The van der Waals surface area contributed by atoms with E-state index in [4.69, 9.17) is 0 Å². The van der Waals surface area contributed by atoms with E-state index < -0.39 is 0 Å². The first-order valence-corrected chi connectivity index (χ1v) is 25.4. The number of benzene rings is 8. The maximum atomic E-state index is 2.79. The summed E-state index contributed by atoms with van der Waals surface area (Å²) in [6, 6.07) is 59.2. The van der Waals surface area contributed by atoms with E-state index >= 15 is 0 Å². The van der Waals surface area contributed by atoms with Crippen LogP contribution in [0, 0.1) is 0 Å². The first kappa shape index (κ1) is 41.8. The molecule has 0 N–H and O–H groups in total. The summed E-state index contributed by atoms with van der Waals surface area (Å²) in [4.78, 5) is 5.53. The quantitative estimate of drug-likeness (QED) is 0.163. The van der Waals surface area contributed by atoms with Crippen LogP contribution in [0.4, 0.5) is 28.4 Å². The summed E-state index contributed by atoms with van der Waals surface area (Å²) in [5.74, 6) is 0. The molecule has 0 radical (unpaired) electrons. The zero-order valence-electron chi connectivity index (χ0n) is 41.7. The van der Waals surface area contributed by atoms with Gasteiger partial charge in [-0.2, -0.15) is 0 Å². The number of hydrogen-bond acceptors (Lipinski definition) is 2. The van der Waals surface area contributed by atoms with Crippen LogP contribution in [0.5, 0.6) is 0 Å². The summed E-state index contributed by atoms with van der Waals surface area (Å²) >= 11 is 0. The summed E-state index contributed by atoms with van der Waals surface area (Å²) in [6.07, 6.45) is 4.69. The van der Waals surface area contributed by atoms with E-state index in [1.165, 1.54) is 130 Å². The van der Waals surface area contributed by atoms with Gasteiger partial charge < -0.3 is 9.71 Å². The molecule has 2 nitrogen and oxygen atoms in total. The highest BCUT2D eigenvalue weighted by molar-refractivity contribution is 6.93. The van der Waals surface area contributed by atoms with Gasteiger partial charge in [-0.25, -0.2) is 0 Å². The molecular formula is C65H63BN2. The van der Waals surface area contributed by atoms with Crippen molar-refractivity contribution in [2.75, 3.05) is 9.71 Å². The molecule has 68 heavy (non-hydrogen) atoms. The van der Waals surface area contributed by atoms with Crippen molar-refractivity contribution in [1.82, 2.24) is 0 Å². The SMILES string of the molecule is CC1(C)CCC(C)(C)c2cc(N3c4cc5c(cc4B4c6c(cc7c(c63)C(C)(C)c3ccccc3-7)-c3cc6ccccc6cc3N4c3ccc(-c4ccccc4)cc3)C(C)(C)CCC5(C)C)ccc21. The van der Waals surface area contributed by atoms with Crippen LogP contribution in [-0.4, -0.2) is 6.85 Å². The molecule has 0 atom stereocenters. The van der Waals surface area contributed by atoms with Gasteiger partial charge in [0.05, 0.1) is 0 Å². The Balaban J connectivity index is 1.20. The zero-order valence-corrected chi connectivity index (χ0v) is 41.7. The van der Waals surface area contributed by atoms with Crippen LogP contribution < -0.4 is 20.6 Å². The number of rotatable bonds is 3. The average molecular weight is 883 g/mol. The molecule has 0 amide bonds. The van der Waals surface area contributed by atoms with Crippen molar-refractivity contribution in [3.63, 3.8) is 0 Å². The Morgan fingerprint density at radius 3 is 1.65 bits per heavy atom. The minimum Gasteiger partial charge on any atom is -0.376 e. The molecule has 0 spiro atoms. The fourth-order valence-corrected chi connectivity index (χ4v) is 13.7. The molecule has 0 bridgehead atoms. The van der Waals surface area contributed by atoms with E-state index in [-0.39, 0.29) is 33.9 Å². The molecule has 2 heterocycles. The van der Waals surface area contributed by atoms with Gasteiger partial charge in [-0.05, 0) is 179 Å². The second-order valence-corrected chi connectivity index (χ2v) is 24.2. The van der Waals surface area contributed by atoms with E-state index in [1.54, 1.807) is 0 Å². The predicted molar refractivity (Wildman–Crippen MR) is 291 cm³/mol. The Bertz CT molecular complexity index is 3440. The molecule has 5 aliphatic rings. The van der Waals surface area contributed by atoms with Crippen LogP contribution in [0.1, 0.15) is 128 Å². The fourth-order valence-electron chi connectivity index (χ4n) is 13.7. The predicted octanol–water partition coefficient (Wildman–Crippen LogP) is 16.2. The Morgan fingerprint density at radius 2 is 0.956 bits per heavy atom. The van der Waals surface area contributed by atoms with Gasteiger partial charge in [-0.15, -0.1) is 0 Å². The molecular weight excluding hydrogens is 820 g/mol. The van der Waals surface area contributed by atoms with E-state index in [2.05, 4.69) is 231 Å². The summed E-state index contributed by atoms with van der Waals surface area (Å²) in [5.41, 5.74) is 25.9. The molecule has 8 aromatic rings. The van der Waals surface area contributed by atoms with Crippen LogP contribution >= 0.6 is 0 Å². The second kappa shape index (κ2) is 13.9. The molecule has 0 aromatic heterocycles. The van der Waals surface area contributed by atoms with Crippen LogP contribution in [0.25, 0.3) is 44.2 Å². The van der Waals surface area contributed by atoms with Crippen LogP contribution in [-0.2, 0) is 27.1 Å². The second-order valence-electron chi connectivity index (χ2n) is 24.2. The molecule has 3 aliphatic carbocycles. The minimum absolute atomic E-state index is 0.0258. The van der Waals surface area contributed by atoms with Crippen molar-refractivity contribution >= 4 is 57.0 Å². The topological polar surface area (TPSA) is 6.48 Å². The van der Waals surface area contributed by atoms with Gasteiger partial charge in [0.25, 0.3) is 0 Å². The van der Waals surface area contributed by atoms with Gasteiger partial charge >= 0.3 is 6.85 Å². The lowest BCUT2D eigenvalue weighted by Crippen LogP contribution is -2.62. The van der Waals surface area contributed by atoms with Crippen molar-refractivity contribution in [2.24, 2.45) is 0 Å². The molecule has 3 heteroatoms. The van der Waals surface area contributed by atoms with Crippen molar-refractivity contribution in [1.29, 1.82) is 0 Å². The maximum Gasteiger partial charge on any atom is 0.333 e. The van der Waals surface area contributed by atoms with Gasteiger partial charge in [0.15, 0.2) is 0 Å². The summed E-state index contributed by atoms with van der Waals surface area (Å²) in [7, 11) is 0. The Labute approximate surface area is 405 Å². The lowest BCUT2D eigenvalue weighted by Gasteiger charge is -2.50. The molecule has 0 fully saturated rings. The first-order valence-electron chi connectivity index (χ1n) is 25.4. The number of anilines is 5. The van der Waals surface area contributed by atoms with Crippen molar-refractivity contribution in [2.45, 2.75) is 122 Å². The fraction of sp³-hybridized carbons (Fsp3) is 0.292. The van der Waals surface area contributed by atoms with Gasteiger partial charge in [0, 0.05) is 39.4 Å². The Morgan fingerprint density at radius 1 is 0.397 bits per heavy atom. The zero-order chi connectivity index (χ0) is 46.9. The number of hydrogen-bond donors (Lipinski definition) is 0. The third-order valence-corrected chi connectivity index (χ3v) is 17.9. The lowest BCUT2D eigenvalue weighted by atomic mass is 9.42. The number of fused-ring (bicyclic) bond motifs is 11. The lowest BCUT2D eigenvalue weighted by molar-refractivity contribution is 0.332. The molecule has 2 aliphatic heterocycles. The van der Waals surface area contributed by atoms with Crippen LogP contribution in [0.3, 0.4) is 0 Å². The van der Waals surface area contributed by atoms with E-state index in [1.807, 2.05) is 0 Å². The van der Waals surface area contributed by atoms with Crippen molar-refractivity contribution in [3.05, 3.63) is 185 Å². The van der Waals surface area contributed by atoms with E-state index in [0.29, 0.717) is 0 Å². The monoisotopic (exact) mass is 883 g/mol. The Kier molecular flexibility index (Phi) is 8.56. The first-order chi connectivity index (χ1) is 32.4. The maximum absolute atomic E-state index is 2.79. The number of nitrogens with zero attached hydrogens (tertiary/aromatic N) is 2. The van der Waals surface area contributed by atoms with E-state index in [9.17, 15) is 0 Å². The highest BCUT2D eigenvalue weighted by atomic mass is 15.2. The average Bonchev–Trinajstić information content (AvgIpc) is 3.56. The summed E-state index contributed by atoms with van der Waals surface area (Å²) < 4.78 is 0. The largest absolute Gasteiger partial charge is 0.376 e. The third-order valence-electron chi connectivity index (χ3n) is 17.9. The molecule has 13 rings (SSSR count). The van der Waals surface area contributed by atoms with Crippen molar-refractivity contribution < 1.29 is 0 Å². The molecule has 0 saturated heterocycles. The molecule has 0 unspecified atom stereocenters. The minimum atomic E-state index is -0.257. The summed E-state index contributed by atoms with van der Waals surface area (Å²) in [5, 5.41) is 2.53. The Hall–Kier alpha value is -6.32. The van der Waals surface area contributed by atoms with Crippen molar-refractivity contribution in [3.8, 4) is 33.4 Å². The normalized spacial score (nSPS) is 19.0. The standard InChI is InChI=1S/C65H63BN2/c1-61(2)30-31-62(3,4)52-36-45(28-29-51(52)61)67-57-39-54-53(63(5,6)32-33-64(54,7)8)38-55(57)66-59-49(37-48-46-22-16-17-23-50(46)65(9,10)58(48)60(59)67)47-34-42-20-14-15-21-43(42)35-56(47)68(66)44-26-24-41(25-27-44)40-18-12-11-13-19-40/h11-29,34-39H,30-33H2,1-10H3. The van der Waals surface area contributed by atoms with Crippen LogP contribution in [0.2, 0.25) is 0 Å². The third kappa shape index (κ3) is 5.77. The smallest absolute Gasteiger partial charge is 0.333 e.